The van der Waals surface area contributed by atoms with Crippen molar-refractivity contribution in [1.82, 2.24) is 10.6 Å². The molecule has 0 saturated carbocycles. The summed E-state index contributed by atoms with van der Waals surface area (Å²) in [5.41, 5.74) is -0.312. The van der Waals surface area contributed by atoms with Gasteiger partial charge in [-0.3, -0.25) is 4.79 Å². The van der Waals surface area contributed by atoms with Gasteiger partial charge in [0.1, 0.15) is 5.60 Å². The van der Waals surface area contributed by atoms with E-state index in [2.05, 4.69) is 17.2 Å². The quantitative estimate of drug-likeness (QED) is 0.417. The lowest BCUT2D eigenvalue weighted by atomic mass is 10.2. The van der Waals surface area contributed by atoms with Crippen molar-refractivity contribution in [1.29, 1.82) is 0 Å². The SMILES string of the molecule is C=C(NCC(=O)NCCCCCCO)OC(C)(C)C. The highest BCUT2D eigenvalue weighted by Crippen LogP contribution is 2.09. The monoisotopic (exact) mass is 272 g/mol. The Morgan fingerprint density at radius 2 is 1.79 bits per heavy atom. The average Bonchev–Trinajstić information content (AvgIpc) is 2.29. The minimum atomic E-state index is -0.312. The molecule has 0 rings (SSSR count). The molecule has 0 fully saturated rings. The van der Waals surface area contributed by atoms with Gasteiger partial charge in [0, 0.05) is 13.2 Å². The van der Waals surface area contributed by atoms with Crippen LogP contribution in [0.1, 0.15) is 46.5 Å². The van der Waals surface area contributed by atoms with Gasteiger partial charge in [-0.15, -0.1) is 0 Å². The second-order valence-electron chi connectivity index (χ2n) is 5.48. The molecule has 5 nitrogen and oxygen atoms in total. The topological polar surface area (TPSA) is 70.6 Å². The fourth-order valence-corrected chi connectivity index (χ4v) is 1.47. The van der Waals surface area contributed by atoms with Crippen LogP contribution in [0.5, 0.6) is 0 Å². The van der Waals surface area contributed by atoms with E-state index in [-0.39, 0.29) is 24.7 Å². The Morgan fingerprint density at radius 3 is 2.37 bits per heavy atom. The van der Waals surface area contributed by atoms with Crippen LogP contribution in [0.2, 0.25) is 0 Å². The number of hydrogen-bond donors (Lipinski definition) is 3. The van der Waals surface area contributed by atoms with E-state index in [9.17, 15) is 4.79 Å². The van der Waals surface area contributed by atoms with Crippen molar-refractivity contribution in [3.05, 3.63) is 12.5 Å². The van der Waals surface area contributed by atoms with Gasteiger partial charge in [0.25, 0.3) is 0 Å². The molecule has 5 heteroatoms. The van der Waals surface area contributed by atoms with Crippen molar-refractivity contribution in [2.45, 2.75) is 52.1 Å². The normalized spacial score (nSPS) is 10.9. The summed E-state index contributed by atoms with van der Waals surface area (Å²) >= 11 is 0. The second-order valence-corrected chi connectivity index (χ2v) is 5.48. The summed E-state index contributed by atoms with van der Waals surface area (Å²) in [6.45, 7) is 10.6. The first kappa shape index (κ1) is 17.8. The summed E-state index contributed by atoms with van der Waals surface area (Å²) in [6.07, 6.45) is 3.79. The maximum absolute atomic E-state index is 11.5. The number of nitrogens with one attached hydrogen (secondary N) is 2. The third-order valence-electron chi connectivity index (χ3n) is 2.28. The molecule has 19 heavy (non-hydrogen) atoms. The van der Waals surface area contributed by atoms with Gasteiger partial charge in [-0.1, -0.05) is 12.8 Å². The van der Waals surface area contributed by atoms with E-state index in [0.717, 1.165) is 25.7 Å². The molecule has 3 N–H and O–H groups in total. The number of carbonyl (C=O) groups excluding carboxylic acids is 1. The molecule has 0 aliphatic carbocycles. The van der Waals surface area contributed by atoms with Crippen LogP contribution in [0, 0.1) is 0 Å². The second kappa shape index (κ2) is 9.67. The Hall–Kier alpha value is -1.23. The third kappa shape index (κ3) is 13.0. The molecule has 0 aromatic carbocycles. The van der Waals surface area contributed by atoms with Crippen LogP contribution in [-0.4, -0.2) is 36.3 Å². The molecule has 0 aliphatic rings. The molecule has 0 aliphatic heterocycles. The van der Waals surface area contributed by atoms with Crippen LogP contribution >= 0.6 is 0 Å². The first-order chi connectivity index (χ1) is 8.85. The molecule has 0 radical (unpaired) electrons. The van der Waals surface area contributed by atoms with Crippen LogP contribution < -0.4 is 10.6 Å². The van der Waals surface area contributed by atoms with Gasteiger partial charge >= 0.3 is 0 Å². The standard InChI is InChI=1S/C14H28N2O3/c1-12(19-14(2,3)4)16-11-13(18)15-9-7-5-6-8-10-17/h16-17H,1,5-11H2,2-4H3,(H,15,18). The van der Waals surface area contributed by atoms with E-state index >= 15 is 0 Å². The van der Waals surface area contributed by atoms with Crippen molar-refractivity contribution in [3.63, 3.8) is 0 Å². The first-order valence-electron chi connectivity index (χ1n) is 6.84. The van der Waals surface area contributed by atoms with E-state index in [4.69, 9.17) is 9.84 Å². The van der Waals surface area contributed by atoms with Crippen LogP contribution in [0.15, 0.2) is 12.5 Å². The summed E-state index contributed by atoms with van der Waals surface area (Å²) in [6, 6.07) is 0. The predicted octanol–water partition coefficient (Wildman–Crippen LogP) is 1.53. The summed E-state index contributed by atoms with van der Waals surface area (Å²) < 4.78 is 5.45. The molecule has 0 heterocycles. The molecule has 1 amide bonds. The largest absolute Gasteiger partial charge is 0.474 e. The van der Waals surface area contributed by atoms with Crippen LogP contribution in [-0.2, 0) is 9.53 Å². The van der Waals surface area contributed by atoms with Crippen molar-refractivity contribution in [2.24, 2.45) is 0 Å². The zero-order valence-electron chi connectivity index (χ0n) is 12.4. The number of carbonyl (C=O) groups is 1. The molecule has 0 aromatic rings. The van der Waals surface area contributed by atoms with Gasteiger partial charge in [-0.05, 0) is 40.2 Å². The Labute approximate surface area is 116 Å². The van der Waals surface area contributed by atoms with Crippen molar-refractivity contribution < 1.29 is 14.6 Å². The molecule has 0 spiro atoms. The molecule has 0 atom stereocenters. The number of ether oxygens (including phenoxy) is 1. The van der Waals surface area contributed by atoms with Gasteiger partial charge in [-0.25, -0.2) is 0 Å². The zero-order valence-corrected chi connectivity index (χ0v) is 12.4. The lowest BCUT2D eigenvalue weighted by molar-refractivity contribution is -0.120. The number of unbranched alkanes of at least 4 members (excludes halogenated alkanes) is 3. The lowest BCUT2D eigenvalue weighted by Crippen LogP contribution is -2.35. The molecule has 0 saturated heterocycles. The molecule has 0 unspecified atom stereocenters. The Balaban J connectivity index is 3.52. The molecular weight excluding hydrogens is 244 g/mol. The predicted molar refractivity (Wildman–Crippen MR) is 76.5 cm³/mol. The fourth-order valence-electron chi connectivity index (χ4n) is 1.47. The Bertz CT molecular complexity index is 272. The number of aliphatic hydroxyl groups is 1. The minimum absolute atomic E-state index is 0.0687. The summed E-state index contributed by atoms with van der Waals surface area (Å²) in [7, 11) is 0. The Kier molecular flexibility index (Phi) is 9.04. The van der Waals surface area contributed by atoms with Gasteiger partial charge in [0.05, 0.1) is 6.54 Å². The highest BCUT2D eigenvalue weighted by molar-refractivity contribution is 5.78. The smallest absolute Gasteiger partial charge is 0.239 e. The minimum Gasteiger partial charge on any atom is -0.474 e. The van der Waals surface area contributed by atoms with Crippen molar-refractivity contribution in [3.8, 4) is 0 Å². The number of hydrogen-bond acceptors (Lipinski definition) is 4. The van der Waals surface area contributed by atoms with Gasteiger partial charge in [0.15, 0.2) is 5.88 Å². The third-order valence-corrected chi connectivity index (χ3v) is 2.28. The molecule has 0 bridgehead atoms. The zero-order chi connectivity index (χ0) is 14.7. The van der Waals surface area contributed by atoms with E-state index < -0.39 is 0 Å². The maximum Gasteiger partial charge on any atom is 0.239 e. The fraction of sp³-hybridized carbons (Fsp3) is 0.786. The highest BCUT2D eigenvalue weighted by Gasteiger charge is 2.12. The molecular formula is C14H28N2O3. The highest BCUT2D eigenvalue weighted by atomic mass is 16.5. The van der Waals surface area contributed by atoms with Gasteiger partial charge in [-0.2, -0.15) is 0 Å². The van der Waals surface area contributed by atoms with Crippen LogP contribution in [0.3, 0.4) is 0 Å². The summed E-state index contributed by atoms with van der Waals surface area (Å²) in [4.78, 5) is 11.5. The van der Waals surface area contributed by atoms with Crippen LogP contribution in [0.4, 0.5) is 0 Å². The van der Waals surface area contributed by atoms with E-state index in [1.54, 1.807) is 0 Å². The van der Waals surface area contributed by atoms with E-state index in [1.807, 2.05) is 20.8 Å². The summed E-state index contributed by atoms with van der Waals surface area (Å²) in [5.74, 6) is 0.339. The van der Waals surface area contributed by atoms with Crippen LogP contribution in [0.25, 0.3) is 0 Å². The van der Waals surface area contributed by atoms with Gasteiger partial charge in [0.2, 0.25) is 5.91 Å². The Morgan fingerprint density at radius 1 is 1.16 bits per heavy atom. The molecule has 0 aromatic heterocycles. The number of rotatable bonds is 10. The van der Waals surface area contributed by atoms with E-state index in [1.165, 1.54) is 0 Å². The maximum atomic E-state index is 11.5. The molecule has 112 valence electrons. The van der Waals surface area contributed by atoms with E-state index in [0.29, 0.717) is 12.4 Å². The number of aliphatic hydroxyl groups excluding tert-OH is 1. The summed E-state index contributed by atoms with van der Waals surface area (Å²) in [5, 5.41) is 14.3. The lowest BCUT2D eigenvalue weighted by Gasteiger charge is -2.23. The van der Waals surface area contributed by atoms with Crippen molar-refractivity contribution in [2.75, 3.05) is 19.7 Å². The van der Waals surface area contributed by atoms with Gasteiger partial charge < -0.3 is 20.5 Å². The first-order valence-corrected chi connectivity index (χ1v) is 6.84. The van der Waals surface area contributed by atoms with Crippen molar-refractivity contribution >= 4 is 5.91 Å². The number of amides is 1. The average molecular weight is 272 g/mol.